The third kappa shape index (κ3) is 8.98. The van der Waals surface area contributed by atoms with Crippen LogP contribution in [0.4, 0.5) is 5.69 Å². The van der Waals surface area contributed by atoms with Gasteiger partial charge in [0.15, 0.2) is 12.4 Å². The molecule has 2 unspecified atom stereocenters. The molecule has 3 rings (SSSR count). The standard InChI is InChI=1S/C26H35N3O3S2/c1-2-3-4-16-33-34-17-13-27-26(32)20-28-14-11-22(12-15-28)6-5-21-7-9-23(10-8-21)29-18-24(30)25(31)19-29/h5-12,14-15,24-25,30-31H,2-4,13,16-20H2,1H3/p+1. The van der Waals surface area contributed by atoms with E-state index in [0.29, 0.717) is 26.2 Å². The highest BCUT2D eigenvalue weighted by Crippen LogP contribution is 2.22. The third-order valence-corrected chi connectivity index (χ3v) is 8.14. The fraction of sp³-hybridized carbons (Fsp3) is 0.462. The van der Waals surface area contributed by atoms with Gasteiger partial charge in [-0.15, -0.1) is 0 Å². The van der Waals surface area contributed by atoms with Gasteiger partial charge in [-0.25, -0.2) is 0 Å². The van der Waals surface area contributed by atoms with E-state index < -0.39 is 12.2 Å². The van der Waals surface area contributed by atoms with Crippen LogP contribution < -0.4 is 14.8 Å². The average Bonchev–Trinajstić information content (AvgIpc) is 3.18. The third-order valence-electron chi connectivity index (χ3n) is 5.65. The molecular weight excluding hydrogens is 466 g/mol. The lowest BCUT2D eigenvalue weighted by molar-refractivity contribution is -0.684. The van der Waals surface area contributed by atoms with Crippen LogP contribution in [0, 0.1) is 0 Å². The first kappa shape index (κ1) is 26.6. The Labute approximate surface area is 210 Å². The molecule has 0 saturated carbocycles. The Morgan fingerprint density at radius 3 is 2.26 bits per heavy atom. The first-order valence-corrected chi connectivity index (χ1v) is 14.4. The Hall–Kier alpha value is -2.00. The predicted molar refractivity (Wildman–Crippen MR) is 144 cm³/mol. The zero-order valence-corrected chi connectivity index (χ0v) is 21.4. The second-order valence-electron chi connectivity index (χ2n) is 8.47. The number of aromatic nitrogens is 1. The number of unbranched alkanes of at least 4 members (excludes halogenated alkanes) is 2. The quantitative estimate of drug-likeness (QED) is 0.222. The maximum atomic E-state index is 12.1. The van der Waals surface area contributed by atoms with Crippen molar-refractivity contribution in [3.05, 3.63) is 59.9 Å². The van der Waals surface area contributed by atoms with E-state index in [0.717, 1.165) is 22.6 Å². The second-order valence-corrected chi connectivity index (χ2v) is 11.2. The number of nitrogens with zero attached hydrogens (tertiary/aromatic N) is 2. The van der Waals surface area contributed by atoms with Crippen molar-refractivity contribution in [3.63, 3.8) is 0 Å². The Morgan fingerprint density at radius 1 is 1.00 bits per heavy atom. The zero-order valence-electron chi connectivity index (χ0n) is 19.8. The molecule has 6 nitrogen and oxygen atoms in total. The molecule has 34 heavy (non-hydrogen) atoms. The molecule has 0 bridgehead atoms. The smallest absolute Gasteiger partial charge is 0.286 e. The van der Waals surface area contributed by atoms with Gasteiger partial charge in [0, 0.05) is 49.0 Å². The molecule has 2 aromatic rings. The fourth-order valence-corrected chi connectivity index (χ4v) is 5.69. The number of aliphatic hydroxyl groups is 2. The van der Waals surface area contributed by atoms with Crippen LogP contribution in [0.5, 0.6) is 0 Å². The lowest BCUT2D eigenvalue weighted by Crippen LogP contribution is -2.42. The van der Waals surface area contributed by atoms with E-state index in [4.69, 9.17) is 0 Å². The van der Waals surface area contributed by atoms with Crippen LogP contribution in [0.3, 0.4) is 0 Å². The SMILES string of the molecule is CCCCCSSCCNC(=O)C[n+]1ccc(/C=C/c2ccc(N3CC(O)C(O)C3)cc2)cc1. The molecule has 1 saturated heterocycles. The maximum Gasteiger partial charge on any atom is 0.286 e. The summed E-state index contributed by atoms with van der Waals surface area (Å²) in [5, 5.41) is 22.4. The predicted octanol–water partition coefficient (Wildman–Crippen LogP) is 3.37. The summed E-state index contributed by atoms with van der Waals surface area (Å²) in [5.74, 6) is 2.14. The van der Waals surface area contributed by atoms with E-state index in [-0.39, 0.29) is 5.91 Å². The normalized spacial score (nSPS) is 18.0. The lowest BCUT2D eigenvalue weighted by Gasteiger charge is -2.17. The first-order chi connectivity index (χ1) is 16.5. The summed E-state index contributed by atoms with van der Waals surface area (Å²) in [6.07, 6.45) is 10.4. The van der Waals surface area contributed by atoms with E-state index in [1.165, 1.54) is 25.0 Å². The van der Waals surface area contributed by atoms with Crippen LogP contribution in [0.2, 0.25) is 0 Å². The van der Waals surface area contributed by atoms with Gasteiger partial charge in [-0.05, 0) is 29.7 Å². The van der Waals surface area contributed by atoms with Crippen molar-refractivity contribution >= 4 is 45.3 Å². The van der Waals surface area contributed by atoms with Crippen molar-refractivity contribution in [3.8, 4) is 0 Å². The molecule has 8 heteroatoms. The van der Waals surface area contributed by atoms with Crippen LogP contribution in [0.1, 0.15) is 37.3 Å². The molecule has 1 aliphatic heterocycles. The zero-order chi connectivity index (χ0) is 24.2. The van der Waals surface area contributed by atoms with E-state index in [1.54, 1.807) is 0 Å². The minimum absolute atomic E-state index is 0.0306. The molecule has 3 N–H and O–H groups in total. The first-order valence-electron chi connectivity index (χ1n) is 11.9. The number of amides is 1. The number of hydrogen-bond donors (Lipinski definition) is 3. The van der Waals surface area contributed by atoms with Gasteiger partial charge in [-0.1, -0.05) is 65.6 Å². The van der Waals surface area contributed by atoms with Crippen molar-refractivity contribution in [1.82, 2.24) is 5.32 Å². The number of carbonyl (C=O) groups excluding carboxylic acids is 1. The molecular formula is C26H36N3O3S2+. The Morgan fingerprint density at radius 2 is 1.62 bits per heavy atom. The van der Waals surface area contributed by atoms with E-state index in [9.17, 15) is 15.0 Å². The van der Waals surface area contributed by atoms with Gasteiger partial charge in [-0.2, -0.15) is 4.57 Å². The van der Waals surface area contributed by atoms with Gasteiger partial charge in [0.2, 0.25) is 6.54 Å². The molecule has 1 aromatic heterocycles. The molecule has 1 aliphatic rings. The van der Waals surface area contributed by atoms with E-state index >= 15 is 0 Å². The number of benzene rings is 1. The van der Waals surface area contributed by atoms with Crippen LogP contribution in [0.15, 0.2) is 48.8 Å². The minimum atomic E-state index is -0.685. The Balaban J connectivity index is 1.37. The molecule has 0 aliphatic carbocycles. The number of aliphatic hydroxyl groups excluding tert-OH is 2. The van der Waals surface area contributed by atoms with Gasteiger partial charge in [0.1, 0.15) is 0 Å². The van der Waals surface area contributed by atoms with Crippen molar-refractivity contribution in [1.29, 1.82) is 0 Å². The summed E-state index contributed by atoms with van der Waals surface area (Å²) in [7, 11) is 3.72. The summed E-state index contributed by atoms with van der Waals surface area (Å²) in [6.45, 7) is 4.14. The lowest BCUT2D eigenvalue weighted by atomic mass is 10.1. The molecule has 1 aromatic carbocycles. The molecule has 184 valence electrons. The maximum absolute atomic E-state index is 12.1. The van der Waals surface area contributed by atoms with Crippen LogP contribution in [0.25, 0.3) is 12.2 Å². The van der Waals surface area contributed by atoms with Gasteiger partial charge < -0.3 is 20.4 Å². The van der Waals surface area contributed by atoms with Crippen molar-refractivity contribution in [2.24, 2.45) is 0 Å². The highest BCUT2D eigenvalue weighted by molar-refractivity contribution is 8.76. The topological polar surface area (TPSA) is 76.7 Å². The molecule has 0 spiro atoms. The van der Waals surface area contributed by atoms with E-state index in [1.807, 2.05) is 92.0 Å². The van der Waals surface area contributed by atoms with Gasteiger partial charge in [0.05, 0.1) is 12.2 Å². The Kier molecular flexibility index (Phi) is 11.3. The molecule has 2 atom stereocenters. The molecule has 1 fully saturated rings. The molecule has 1 amide bonds. The van der Waals surface area contributed by atoms with E-state index in [2.05, 4.69) is 12.2 Å². The van der Waals surface area contributed by atoms with Crippen molar-refractivity contribution < 1.29 is 19.6 Å². The van der Waals surface area contributed by atoms with Crippen molar-refractivity contribution in [2.75, 3.05) is 36.0 Å². The minimum Gasteiger partial charge on any atom is -0.389 e. The highest BCUT2D eigenvalue weighted by Gasteiger charge is 2.29. The summed E-state index contributed by atoms with van der Waals surface area (Å²) in [5.41, 5.74) is 3.13. The number of anilines is 1. The average molecular weight is 503 g/mol. The highest BCUT2D eigenvalue weighted by atomic mass is 33.1. The largest absolute Gasteiger partial charge is 0.389 e. The number of carbonyl (C=O) groups is 1. The number of hydrogen-bond acceptors (Lipinski definition) is 6. The summed E-state index contributed by atoms with van der Waals surface area (Å²) in [4.78, 5) is 14.1. The summed E-state index contributed by atoms with van der Waals surface area (Å²) < 4.78 is 1.88. The molecule has 2 heterocycles. The number of rotatable bonds is 13. The second kappa shape index (κ2) is 14.4. The number of nitrogens with one attached hydrogen (secondary N) is 1. The monoisotopic (exact) mass is 502 g/mol. The van der Waals surface area contributed by atoms with Gasteiger partial charge >= 0.3 is 0 Å². The van der Waals surface area contributed by atoms with Gasteiger partial charge in [-0.3, -0.25) is 4.79 Å². The van der Waals surface area contributed by atoms with Gasteiger partial charge in [0.25, 0.3) is 5.91 Å². The van der Waals surface area contributed by atoms with Crippen LogP contribution >= 0.6 is 21.6 Å². The van der Waals surface area contributed by atoms with Crippen LogP contribution in [-0.2, 0) is 11.3 Å². The van der Waals surface area contributed by atoms with Crippen LogP contribution in [-0.4, -0.2) is 59.5 Å². The fourth-order valence-electron chi connectivity index (χ4n) is 3.64. The Bertz CT molecular complexity index is 897. The number of β-amino-alcohol motifs (C(OH)–C–C–N with tert-alkyl or cyclic N) is 2. The van der Waals surface area contributed by atoms with Crippen molar-refractivity contribution in [2.45, 2.75) is 44.9 Å². The number of pyridine rings is 1. The summed E-state index contributed by atoms with van der Waals surface area (Å²) in [6, 6.07) is 12.1. The summed E-state index contributed by atoms with van der Waals surface area (Å²) >= 11 is 0. The molecule has 0 radical (unpaired) electrons.